The maximum atomic E-state index is 10.4. The summed E-state index contributed by atoms with van der Waals surface area (Å²) < 4.78 is 31.1. The van der Waals surface area contributed by atoms with Gasteiger partial charge in [0.05, 0.1) is 18.3 Å². The van der Waals surface area contributed by atoms with Crippen LogP contribution in [0.25, 0.3) is 0 Å². The maximum absolute atomic E-state index is 10.4. The average Bonchev–Trinajstić information content (AvgIpc) is 3.00. The molecule has 7 atom stereocenters. The lowest BCUT2D eigenvalue weighted by atomic mass is 9.61. The molecule has 0 aliphatic heterocycles. The van der Waals surface area contributed by atoms with Crippen LogP contribution in [-0.2, 0) is 0 Å². The minimum absolute atomic E-state index is 0.142. The van der Waals surface area contributed by atoms with Gasteiger partial charge in [0, 0.05) is 11.9 Å². The van der Waals surface area contributed by atoms with E-state index in [9.17, 15) is 15.3 Å². The summed E-state index contributed by atoms with van der Waals surface area (Å²) in [6.07, 6.45) is 7.99. The molecule has 4 fully saturated rings. The zero-order valence-electron chi connectivity index (χ0n) is 22.3. The number of fused-ring (bicyclic) bond motifs is 1. The quantitative estimate of drug-likeness (QED) is 0.547. The van der Waals surface area contributed by atoms with Crippen molar-refractivity contribution in [3.05, 3.63) is 47.6 Å². The van der Waals surface area contributed by atoms with E-state index in [1.807, 2.05) is 6.08 Å². The lowest BCUT2D eigenvalue weighted by Crippen LogP contribution is -2.35. The van der Waals surface area contributed by atoms with Gasteiger partial charge in [0.25, 0.3) is 0 Å². The largest absolute Gasteiger partial charge is 0.393 e. The minimum atomic E-state index is -1.97. The van der Waals surface area contributed by atoms with E-state index in [1.54, 1.807) is 6.08 Å². The second kappa shape index (κ2) is 8.76. The van der Waals surface area contributed by atoms with Gasteiger partial charge in [0.2, 0.25) is 0 Å². The Morgan fingerprint density at radius 2 is 1.97 bits per heavy atom. The number of rotatable bonds is 5. The Morgan fingerprint density at radius 3 is 2.70 bits per heavy atom. The molecule has 4 aliphatic rings. The number of allylic oxidation sites excluding steroid dienone is 4. The van der Waals surface area contributed by atoms with Crippen LogP contribution >= 0.6 is 0 Å². The zero-order valence-corrected chi connectivity index (χ0v) is 18.3. The Hall–Kier alpha value is -1.16. The normalized spacial score (nSPS) is 47.4. The van der Waals surface area contributed by atoms with Crippen LogP contribution in [-0.4, -0.2) is 33.6 Å². The Morgan fingerprint density at radius 1 is 1.20 bits per heavy atom. The van der Waals surface area contributed by atoms with Gasteiger partial charge in [0.1, 0.15) is 0 Å². The first-order chi connectivity index (χ1) is 15.8. The first-order valence-electron chi connectivity index (χ1n) is 13.6. The molecule has 0 heterocycles. The molecule has 3 N–H and O–H groups in total. The number of hydrogen-bond donors (Lipinski definition) is 3. The van der Waals surface area contributed by atoms with E-state index in [-0.39, 0.29) is 11.3 Å². The van der Waals surface area contributed by atoms with E-state index in [1.165, 1.54) is 5.57 Å². The molecule has 3 heteroatoms. The molecule has 0 unspecified atom stereocenters. The summed E-state index contributed by atoms with van der Waals surface area (Å²) in [5, 5.41) is 30.6. The van der Waals surface area contributed by atoms with Crippen molar-refractivity contribution in [3.8, 4) is 0 Å². The standard InChI is InChI=1S/C27H40O3/c1-17(6-13-25(29)20-8-9-20)23-11-12-24-19(5-4-14-27(23,24)3)7-10-21-15-22(28)16-26(30)18(21)2/h6-7,10,13,17,20,22-26,28-30H,2,4-5,8-9,11-12,14-16H2,1,3H3/b13-6+,19-7?,21-10-/t17-,22-,23-,24+,25-,26+,27-/m1/s1/i8D2,9D2. The van der Waals surface area contributed by atoms with E-state index >= 15 is 0 Å². The van der Waals surface area contributed by atoms with Gasteiger partial charge in [0.15, 0.2) is 0 Å². The van der Waals surface area contributed by atoms with Gasteiger partial charge in [-0.3, -0.25) is 0 Å². The molecule has 0 aromatic carbocycles. The number of hydrogen-bond acceptors (Lipinski definition) is 3. The summed E-state index contributed by atoms with van der Waals surface area (Å²) in [5.74, 6) is 0.126. The molecule has 0 aromatic rings. The molecule has 0 radical (unpaired) electrons. The van der Waals surface area contributed by atoms with Gasteiger partial charge < -0.3 is 15.3 Å². The average molecular weight is 417 g/mol. The fourth-order valence-electron chi connectivity index (χ4n) is 6.36. The van der Waals surface area contributed by atoms with E-state index < -0.39 is 37.0 Å². The van der Waals surface area contributed by atoms with E-state index in [0.29, 0.717) is 30.3 Å². The summed E-state index contributed by atoms with van der Waals surface area (Å²) in [7, 11) is 0. The van der Waals surface area contributed by atoms with E-state index in [4.69, 9.17) is 5.48 Å². The van der Waals surface area contributed by atoms with Gasteiger partial charge in [-0.2, -0.15) is 0 Å². The predicted molar refractivity (Wildman–Crippen MR) is 122 cm³/mol. The van der Waals surface area contributed by atoms with Crippen LogP contribution in [0.5, 0.6) is 0 Å². The molecule has 4 rings (SSSR count). The van der Waals surface area contributed by atoms with E-state index in [2.05, 4.69) is 32.6 Å². The summed E-state index contributed by atoms with van der Waals surface area (Å²) in [6.45, 7) is 8.56. The molecular formula is C27H40O3. The predicted octanol–water partition coefficient (Wildman–Crippen LogP) is 5.09. The van der Waals surface area contributed by atoms with Crippen LogP contribution in [0.1, 0.15) is 77.0 Å². The van der Waals surface area contributed by atoms with E-state index in [0.717, 1.165) is 37.7 Å². The molecule has 0 aromatic heterocycles. The summed E-state index contributed by atoms with van der Waals surface area (Å²) in [5.41, 5.74) is 3.22. The lowest BCUT2D eigenvalue weighted by Gasteiger charge is -2.44. The molecular weight excluding hydrogens is 372 g/mol. The molecule has 3 nitrogen and oxygen atoms in total. The smallest absolute Gasteiger partial charge is 0.0811 e. The van der Waals surface area contributed by atoms with Crippen molar-refractivity contribution in [2.45, 2.75) is 89.9 Å². The summed E-state index contributed by atoms with van der Waals surface area (Å²) in [4.78, 5) is 0. The highest BCUT2D eigenvalue weighted by Gasteiger charge is 2.50. The van der Waals surface area contributed by atoms with Crippen molar-refractivity contribution in [1.82, 2.24) is 0 Å². The molecule has 4 aliphatic carbocycles. The van der Waals surface area contributed by atoms with Crippen LogP contribution in [0, 0.1) is 29.1 Å². The molecule has 0 amide bonds. The Bertz CT molecular complexity index is 894. The van der Waals surface area contributed by atoms with Gasteiger partial charge in [-0.15, -0.1) is 0 Å². The Kier molecular flexibility index (Phi) is 5.08. The fraction of sp³-hybridized carbons (Fsp3) is 0.704. The van der Waals surface area contributed by atoms with Crippen LogP contribution in [0.4, 0.5) is 0 Å². The molecule has 166 valence electrons. The SMILES string of the molecule is [2H]C1([2H])C([C@H](O)/C=C/[C@@H](C)[C@H]2CC[C@H]3C(=C/C=C4/C[C@@H](O)C[C@H](O)C4=C)CCC[C@]23C)C1([2H])[2H]. The third-order valence-electron chi connectivity index (χ3n) is 8.20. The van der Waals surface area contributed by atoms with Gasteiger partial charge >= 0.3 is 0 Å². The molecule has 0 spiro atoms. The van der Waals surface area contributed by atoms with Crippen LogP contribution in [0.3, 0.4) is 0 Å². The third-order valence-corrected chi connectivity index (χ3v) is 8.20. The van der Waals surface area contributed by atoms with Crippen LogP contribution < -0.4 is 0 Å². The molecule has 30 heavy (non-hydrogen) atoms. The van der Waals surface area contributed by atoms with Crippen LogP contribution in [0.2, 0.25) is 0 Å². The summed E-state index contributed by atoms with van der Waals surface area (Å²) >= 11 is 0. The number of aliphatic hydroxyl groups excluding tert-OH is 3. The van der Waals surface area contributed by atoms with Gasteiger partial charge in [-0.05, 0) is 91.5 Å². The first kappa shape index (κ1) is 17.4. The minimum Gasteiger partial charge on any atom is -0.393 e. The topological polar surface area (TPSA) is 60.7 Å². The fourth-order valence-corrected chi connectivity index (χ4v) is 6.36. The third kappa shape index (κ3) is 4.40. The first-order valence-corrected chi connectivity index (χ1v) is 11.6. The second-order valence-electron chi connectivity index (χ2n) is 10.2. The number of aliphatic hydroxyl groups is 3. The highest BCUT2D eigenvalue weighted by molar-refractivity contribution is 5.38. The Labute approximate surface area is 187 Å². The molecule has 0 saturated heterocycles. The molecule has 4 saturated carbocycles. The van der Waals surface area contributed by atoms with Crippen molar-refractivity contribution in [2.75, 3.05) is 0 Å². The molecule has 0 bridgehead atoms. The van der Waals surface area contributed by atoms with Gasteiger partial charge in [-0.25, -0.2) is 0 Å². The van der Waals surface area contributed by atoms with Crippen molar-refractivity contribution >= 4 is 0 Å². The van der Waals surface area contributed by atoms with Crippen molar-refractivity contribution in [3.63, 3.8) is 0 Å². The highest BCUT2D eigenvalue weighted by atomic mass is 16.3. The monoisotopic (exact) mass is 416 g/mol. The highest BCUT2D eigenvalue weighted by Crippen LogP contribution is 2.59. The Balaban J connectivity index is 1.46. The van der Waals surface area contributed by atoms with Crippen molar-refractivity contribution in [2.24, 2.45) is 29.1 Å². The van der Waals surface area contributed by atoms with Crippen molar-refractivity contribution in [1.29, 1.82) is 0 Å². The van der Waals surface area contributed by atoms with Crippen molar-refractivity contribution < 1.29 is 20.8 Å². The summed E-state index contributed by atoms with van der Waals surface area (Å²) in [6, 6.07) is 0. The van der Waals surface area contributed by atoms with Crippen LogP contribution in [0.15, 0.2) is 47.6 Å². The zero-order chi connectivity index (χ0) is 25.1. The maximum Gasteiger partial charge on any atom is 0.0811 e. The van der Waals surface area contributed by atoms with Gasteiger partial charge in [-0.1, -0.05) is 50.3 Å². The lowest BCUT2D eigenvalue weighted by molar-refractivity contribution is 0.0862. The second-order valence-corrected chi connectivity index (χ2v) is 10.2.